The number of hydrogen-bond donors (Lipinski definition) is 2. The predicted octanol–water partition coefficient (Wildman–Crippen LogP) is 2.92. The third-order valence-electron chi connectivity index (χ3n) is 5.04. The summed E-state index contributed by atoms with van der Waals surface area (Å²) in [7, 11) is -2.94. The highest BCUT2D eigenvalue weighted by atomic mass is 35.5. The molecule has 0 radical (unpaired) electrons. The van der Waals surface area contributed by atoms with Gasteiger partial charge in [0, 0.05) is 22.5 Å². The Bertz CT molecular complexity index is 1050. The molecule has 2 N–H and O–H groups in total. The normalized spacial score (nSPS) is 21.7. The number of rotatable bonds is 6. The number of amidine groups is 1. The number of anilines is 1. The van der Waals surface area contributed by atoms with Crippen molar-refractivity contribution in [3.05, 3.63) is 64.7 Å². The molecule has 2 heterocycles. The Hall–Kier alpha value is -2.03. The molecule has 2 aliphatic rings. The minimum Gasteiger partial charge on any atom is -0.355 e. The van der Waals surface area contributed by atoms with Gasteiger partial charge in [-0.3, -0.25) is 9.79 Å². The van der Waals surface area contributed by atoms with Crippen molar-refractivity contribution in [1.29, 1.82) is 0 Å². The van der Waals surface area contributed by atoms with Crippen LogP contribution in [-0.4, -0.2) is 48.8 Å². The van der Waals surface area contributed by atoms with Crippen LogP contribution in [0.15, 0.2) is 53.5 Å². The van der Waals surface area contributed by atoms with Crippen molar-refractivity contribution < 1.29 is 13.2 Å². The molecule has 0 unspecified atom stereocenters. The molecule has 2 aliphatic heterocycles. The molecule has 9 heteroatoms. The smallest absolute Gasteiger partial charge is 0.224 e. The Labute approximate surface area is 185 Å². The molecule has 0 spiro atoms. The number of aliphatic imine (C=N–C) groups is 1. The van der Waals surface area contributed by atoms with E-state index in [9.17, 15) is 13.2 Å². The van der Waals surface area contributed by atoms with Gasteiger partial charge in [-0.2, -0.15) is 0 Å². The van der Waals surface area contributed by atoms with E-state index in [1.54, 1.807) is 0 Å². The zero-order chi connectivity index (χ0) is 21.1. The molecule has 4 rings (SSSR count). The van der Waals surface area contributed by atoms with E-state index in [1.165, 1.54) is 11.8 Å². The lowest BCUT2D eigenvalue weighted by Gasteiger charge is -2.09. The minimum absolute atomic E-state index is 0.0190. The number of carbonyl (C=O) groups is 1. The summed E-state index contributed by atoms with van der Waals surface area (Å²) in [4.78, 5) is 16.7. The molecule has 158 valence electrons. The fourth-order valence-electron chi connectivity index (χ4n) is 3.49. The third-order valence-corrected chi connectivity index (χ3v) is 8.43. The zero-order valence-electron chi connectivity index (χ0n) is 16.2. The molecule has 1 amide bonds. The Kier molecular flexibility index (Phi) is 6.36. The fraction of sp³-hybridized carbons (Fsp3) is 0.333. The van der Waals surface area contributed by atoms with Crippen molar-refractivity contribution in [3.63, 3.8) is 0 Å². The molecule has 0 bridgehead atoms. The second-order valence-electron chi connectivity index (χ2n) is 7.46. The number of fused-ring (bicyclic) bond motifs is 1. The summed E-state index contributed by atoms with van der Waals surface area (Å²) in [5.74, 6) is 0.319. The van der Waals surface area contributed by atoms with Gasteiger partial charge < -0.3 is 10.6 Å². The first-order valence-corrected chi connectivity index (χ1v) is 12.8. The van der Waals surface area contributed by atoms with Crippen LogP contribution in [-0.2, 0) is 27.5 Å². The van der Waals surface area contributed by atoms with Crippen LogP contribution < -0.4 is 10.6 Å². The lowest BCUT2D eigenvalue weighted by molar-refractivity contribution is -0.120. The van der Waals surface area contributed by atoms with E-state index in [0.717, 1.165) is 28.4 Å². The third kappa shape index (κ3) is 5.56. The second-order valence-corrected chi connectivity index (χ2v) is 11.3. The first-order valence-electron chi connectivity index (χ1n) is 9.68. The second kappa shape index (κ2) is 8.99. The van der Waals surface area contributed by atoms with Gasteiger partial charge in [0.05, 0.1) is 24.0 Å². The summed E-state index contributed by atoms with van der Waals surface area (Å²) in [5.41, 5.74) is 2.93. The summed E-state index contributed by atoms with van der Waals surface area (Å²) in [5, 5.41) is 7.66. The standard InChI is InChI=1S/C21H22ClN3O3S2/c22-16-5-1-14(2-6-16)9-10-23-20(26)11-15-3-7-17(8-4-15)24-21-25-18-12-30(27,28)13-19(18)29-21/h1-8,18-19H,9-13H2,(H,23,26)(H,24,25)/t18-,19+/m0/s1. The molecule has 1 fully saturated rings. The number of benzene rings is 2. The van der Waals surface area contributed by atoms with Crippen LogP contribution in [0.5, 0.6) is 0 Å². The molecule has 30 heavy (non-hydrogen) atoms. The topological polar surface area (TPSA) is 87.6 Å². The summed E-state index contributed by atoms with van der Waals surface area (Å²) >= 11 is 7.36. The number of nitrogens with one attached hydrogen (secondary N) is 2. The van der Waals surface area contributed by atoms with E-state index in [0.29, 0.717) is 18.0 Å². The van der Waals surface area contributed by atoms with Crippen molar-refractivity contribution >= 4 is 50.0 Å². The van der Waals surface area contributed by atoms with Crippen LogP contribution in [0.2, 0.25) is 5.02 Å². The van der Waals surface area contributed by atoms with Crippen LogP contribution in [0, 0.1) is 0 Å². The highest BCUT2D eigenvalue weighted by Gasteiger charge is 2.42. The average Bonchev–Trinajstić information content (AvgIpc) is 3.17. The van der Waals surface area contributed by atoms with Gasteiger partial charge in [0.15, 0.2) is 15.0 Å². The van der Waals surface area contributed by atoms with Gasteiger partial charge in [0.2, 0.25) is 5.91 Å². The van der Waals surface area contributed by atoms with Crippen LogP contribution in [0.3, 0.4) is 0 Å². The van der Waals surface area contributed by atoms with Crippen molar-refractivity contribution in [1.82, 2.24) is 5.32 Å². The number of hydrogen-bond acceptors (Lipinski definition) is 6. The van der Waals surface area contributed by atoms with Gasteiger partial charge in [0.1, 0.15) is 0 Å². The van der Waals surface area contributed by atoms with E-state index in [4.69, 9.17) is 11.6 Å². The van der Waals surface area contributed by atoms with Gasteiger partial charge in [-0.15, -0.1) is 0 Å². The van der Waals surface area contributed by atoms with E-state index < -0.39 is 9.84 Å². The Morgan fingerprint density at radius 1 is 1.07 bits per heavy atom. The van der Waals surface area contributed by atoms with Gasteiger partial charge in [-0.25, -0.2) is 8.42 Å². The van der Waals surface area contributed by atoms with Gasteiger partial charge >= 0.3 is 0 Å². The van der Waals surface area contributed by atoms with E-state index in [1.807, 2.05) is 48.5 Å². The molecule has 2 atom stereocenters. The monoisotopic (exact) mass is 463 g/mol. The lowest BCUT2D eigenvalue weighted by Crippen LogP contribution is -2.27. The molecular weight excluding hydrogens is 442 g/mol. The van der Waals surface area contributed by atoms with Crippen LogP contribution in [0.4, 0.5) is 5.69 Å². The first kappa shape index (κ1) is 21.2. The quantitative estimate of drug-likeness (QED) is 0.687. The summed E-state index contributed by atoms with van der Waals surface area (Å²) in [6.45, 7) is 0.579. The van der Waals surface area contributed by atoms with Crippen LogP contribution in [0.25, 0.3) is 0 Å². The van der Waals surface area contributed by atoms with Gasteiger partial charge in [-0.1, -0.05) is 47.6 Å². The minimum atomic E-state index is -2.94. The molecule has 0 saturated carbocycles. The zero-order valence-corrected chi connectivity index (χ0v) is 18.6. The van der Waals surface area contributed by atoms with E-state index in [2.05, 4.69) is 15.6 Å². The number of nitrogens with zero attached hydrogens (tertiary/aromatic N) is 1. The fourth-order valence-corrected chi connectivity index (χ4v) is 7.29. The van der Waals surface area contributed by atoms with E-state index in [-0.39, 0.29) is 28.7 Å². The lowest BCUT2D eigenvalue weighted by atomic mass is 10.1. The Morgan fingerprint density at radius 3 is 2.47 bits per heavy atom. The maximum atomic E-state index is 12.2. The Morgan fingerprint density at radius 2 is 1.77 bits per heavy atom. The molecule has 1 saturated heterocycles. The average molecular weight is 464 g/mol. The van der Waals surface area contributed by atoms with Crippen molar-refractivity contribution in [2.45, 2.75) is 24.1 Å². The summed E-state index contributed by atoms with van der Waals surface area (Å²) in [6, 6.07) is 15.1. The molecule has 0 aliphatic carbocycles. The van der Waals surface area contributed by atoms with Crippen molar-refractivity contribution in [3.8, 4) is 0 Å². The predicted molar refractivity (Wildman–Crippen MR) is 123 cm³/mol. The number of halogens is 1. The first-order chi connectivity index (χ1) is 14.4. The van der Waals surface area contributed by atoms with E-state index >= 15 is 0 Å². The molecule has 6 nitrogen and oxygen atoms in total. The maximum Gasteiger partial charge on any atom is 0.224 e. The van der Waals surface area contributed by atoms with Crippen molar-refractivity contribution in [2.24, 2.45) is 4.99 Å². The molecular formula is C21H22ClN3O3S2. The van der Waals surface area contributed by atoms with Crippen LogP contribution in [0.1, 0.15) is 11.1 Å². The SMILES string of the molecule is O=C(Cc1ccc(NC2=N[C@H]3CS(=O)(=O)C[C@H]3S2)cc1)NCCc1ccc(Cl)cc1. The van der Waals surface area contributed by atoms with Gasteiger partial charge in [-0.05, 0) is 41.8 Å². The number of amides is 1. The Balaban J connectivity index is 1.23. The largest absolute Gasteiger partial charge is 0.355 e. The number of thioether (sulfide) groups is 1. The number of carbonyl (C=O) groups excluding carboxylic acids is 1. The van der Waals surface area contributed by atoms with Crippen LogP contribution >= 0.6 is 23.4 Å². The summed E-state index contributed by atoms with van der Waals surface area (Å²) in [6.07, 6.45) is 1.08. The van der Waals surface area contributed by atoms with Crippen molar-refractivity contribution in [2.75, 3.05) is 23.4 Å². The molecule has 2 aromatic carbocycles. The maximum absolute atomic E-state index is 12.2. The number of sulfone groups is 1. The summed E-state index contributed by atoms with van der Waals surface area (Å²) < 4.78 is 23.3. The molecule has 0 aromatic heterocycles. The molecule has 2 aromatic rings. The van der Waals surface area contributed by atoms with Gasteiger partial charge in [0.25, 0.3) is 0 Å². The highest BCUT2D eigenvalue weighted by molar-refractivity contribution is 8.15. The highest BCUT2D eigenvalue weighted by Crippen LogP contribution is 2.34.